The summed E-state index contributed by atoms with van der Waals surface area (Å²) in [6.45, 7) is 3.46. The van der Waals surface area contributed by atoms with Crippen LogP contribution in [0.25, 0.3) is 0 Å². The summed E-state index contributed by atoms with van der Waals surface area (Å²) >= 11 is 0. The van der Waals surface area contributed by atoms with Gasteiger partial charge >= 0.3 is 0 Å². The molecule has 0 aromatic heterocycles. The smallest absolute Gasteiger partial charge is 0.164 e. The molecule has 1 spiro atoms. The first-order valence-corrected chi connectivity index (χ1v) is 8.52. The summed E-state index contributed by atoms with van der Waals surface area (Å²) in [7, 11) is 2.37. The number of hydrogen-bond acceptors (Lipinski definition) is 3. The van der Waals surface area contributed by atoms with E-state index in [0.717, 1.165) is 24.5 Å². The van der Waals surface area contributed by atoms with Crippen LogP contribution in [0.2, 0.25) is 0 Å². The van der Waals surface area contributed by atoms with Crippen LogP contribution in [0.15, 0.2) is 12.1 Å². The molecule has 115 valence electrons. The zero-order chi connectivity index (χ0) is 14.2. The van der Waals surface area contributed by atoms with Crippen LogP contribution in [-0.4, -0.2) is 18.7 Å². The molecule has 5 rings (SSSR count). The van der Waals surface area contributed by atoms with E-state index < -0.39 is 0 Å². The van der Waals surface area contributed by atoms with Crippen LogP contribution in [0.1, 0.15) is 37.3 Å². The number of benzene rings is 1. The van der Waals surface area contributed by atoms with E-state index in [-0.39, 0.29) is 38.1 Å². The van der Waals surface area contributed by atoms with Crippen molar-refractivity contribution in [2.75, 3.05) is 6.54 Å². The van der Waals surface area contributed by atoms with Gasteiger partial charge in [-0.2, -0.15) is 6.42 Å². The molecule has 2 heterocycles. The fraction of sp³-hybridized carbons (Fsp3) is 0.588. The Balaban J connectivity index is 0.00000125. The van der Waals surface area contributed by atoms with Gasteiger partial charge in [-0.1, -0.05) is 31.2 Å². The minimum absolute atomic E-state index is 0. The van der Waals surface area contributed by atoms with Crippen molar-refractivity contribution in [1.82, 2.24) is 5.32 Å². The molecule has 5 heteroatoms. The molecule has 1 aromatic rings. The molecule has 1 saturated carbocycles. The molecule has 1 aromatic carbocycles. The summed E-state index contributed by atoms with van der Waals surface area (Å²) in [5.74, 6) is 4.23. The third-order valence-corrected chi connectivity index (χ3v) is 6.48. The topological polar surface area (TPSA) is 30.5 Å². The number of ether oxygens (including phenoxy) is 1. The molecule has 0 amide bonds. The predicted octanol–water partition coefficient (Wildman–Crippen LogP) is 2.77. The third-order valence-electron chi connectivity index (χ3n) is 6.23. The van der Waals surface area contributed by atoms with E-state index in [1.54, 1.807) is 5.92 Å². The molecule has 1 N–H and O–H groups in total. The van der Waals surface area contributed by atoms with Gasteiger partial charge in [0, 0.05) is 32.7 Å². The van der Waals surface area contributed by atoms with Crippen molar-refractivity contribution >= 4 is 9.47 Å². The van der Waals surface area contributed by atoms with Gasteiger partial charge in [-0.3, -0.25) is 5.92 Å². The van der Waals surface area contributed by atoms with Crippen LogP contribution < -0.4 is 14.6 Å². The Labute approximate surface area is 159 Å². The normalized spacial score (nSPS) is 37.8. The molecular weight excluding hydrogens is 370 g/mol. The van der Waals surface area contributed by atoms with Gasteiger partial charge in [0.25, 0.3) is 0 Å². The minimum Gasteiger partial charge on any atom is -0.488 e. The number of hydrogen-bond donors (Lipinski definition) is 1. The Morgan fingerprint density at radius 2 is 2.32 bits per heavy atom. The first-order chi connectivity index (χ1) is 10.3. The molecular formula is C17H21NO2PY-. The summed E-state index contributed by atoms with van der Waals surface area (Å²) in [5, 5.41) is 3.74. The fourth-order valence-corrected chi connectivity index (χ4v) is 5.63. The number of rotatable bonds is 1. The van der Waals surface area contributed by atoms with Crippen LogP contribution in [0.3, 0.4) is 0 Å². The van der Waals surface area contributed by atoms with E-state index in [0.29, 0.717) is 18.1 Å². The van der Waals surface area contributed by atoms with E-state index >= 15 is 0 Å². The van der Waals surface area contributed by atoms with Crippen molar-refractivity contribution in [3.63, 3.8) is 0 Å². The van der Waals surface area contributed by atoms with Gasteiger partial charge in [-0.15, -0.1) is 6.04 Å². The Morgan fingerprint density at radius 3 is 3.14 bits per heavy atom. The first-order valence-electron chi connectivity index (χ1n) is 8.05. The number of nitrogens with one attached hydrogen (secondary N) is 1. The third kappa shape index (κ3) is 1.78. The largest absolute Gasteiger partial charge is 0.488 e. The Morgan fingerprint density at radius 1 is 1.45 bits per heavy atom. The molecule has 5 atom stereocenters. The van der Waals surface area contributed by atoms with Gasteiger partial charge in [-0.25, -0.2) is 0 Å². The zero-order valence-electron chi connectivity index (χ0n) is 12.9. The zero-order valence-corrected chi connectivity index (χ0v) is 16.9. The number of piperidine rings is 1. The summed E-state index contributed by atoms with van der Waals surface area (Å²) in [5.41, 5.74) is 3.09. The van der Waals surface area contributed by atoms with Gasteiger partial charge in [0.15, 0.2) is 11.5 Å². The average molecular weight is 391 g/mol. The SMILES string of the molecule is CC1CC[C-]2[C@H]3Cc4ccc(OP)c5c4[C@@]2(CCN3)[C@H]1O5.[Y]. The maximum atomic E-state index is 6.53. The van der Waals surface area contributed by atoms with E-state index in [1.165, 1.54) is 30.4 Å². The Bertz CT molecular complexity index is 625. The van der Waals surface area contributed by atoms with Gasteiger partial charge in [0.05, 0.1) is 15.6 Å². The summed E-state index contributed by atoms with van der Waals surface area (Å²) in [6, 6.07) is 4.88. The van der Waals surface area contributed by atoms with E-state index in [1.807, 2.05) is 0 Å². The van der Waals surface area contributed by atoms with Crippen molar-refractivity contribution in [3.05, 3.63) is 29.2 Å². The quantitative estimate of drug-likeness (QED) is 0.590. The molecule has 1 radical (unpaired) electrons. The minimum atomic E-state index is 0. The average Bonchev–Trinajstić information content (AvgIpc) is 2.83. The van der Waals surface area contributed by atoms with Crippen molar-refractivity contribution in [2.24, 2.45) is 5.92 Å². The second kappa shape index (κ2) is 5.41. The molecule has 2 aliphatic heterocycles. The molecule has 2 bridgehead atoms. The Hall–Kier alpha value is 0.314. The maximum Gasteiger partial charge on any atom is 0.164 e. The molecule has 3 nitrogen and oxygen atoms in total. The van der Waals surface area contributed by atoms with Crippen LogP contribution in [0.4, 0.5) is 0 Å². The summed E-state index contributed by atoms with van der Waals surface area (Å²) in [6.07, 6.45) is 5.10. The van der Waals surface area contributed by atoms with Gasteiger partial charge in [0.2, 0.25) is 0 Å². The molecule has 1 saturated heterocycles. The van der Waals surface area contributed by atoms with Crippen molar-refractivity contribution < 1.29 is 42.0 Å². The molecule has 2 unspecified atom stereocenters. The second-order valence-electron chi connectivity index (χ2n) is 7.06. The van der Waals surface area contributed by atoms with Crippen LogP contribution in [0.5, 0.6) is 11.5 Å². The molecule has 22 heavy (non-hydrogen) atoms. The van der Waals surface area contributed by atoms with Gasteiger partial charge in [-0.05, 0) is 36.1 Å². The summed E-state index contributed by atoms with van der Waals surface area (Å²) < 4.78 is 12.0. The molecule has 2 fully saturated rings. The van der Waals surface area contributed by atoms with Gasteiger partial charge in [0.1, 0.15) is 0 Å². The second-order valence-corrected chi connectivity index (χ2v) is 7.29. The van der Waals surface area contributed by atoms with Crippen LogP contribution in [-0.2, 0) is 44.5 Å². The maximum absolute atomic E-state index is 6.53. The van der Waals surface area contributed by atoms with Crippen molar-refractivity contribution in [2.45, 2.75) is 50.2 Å². The first kappa shape index (κ1) is 15.8. The summed E-state index contributed by atoms with van der Waals surface area (Å²) in [4.78, 5) is 0. The molecule has 4 aliphatic rings. The van der Waals surface area contributed by atoms with Gasteiger partial charge < -0.3 is 14.6 Å². The van der Waals surface area contributed by atoms with E-state index in [9.17, 15) is 0 Å². The van der Waals surface area contributed by atoms with E-state index in [4.69, 9.17) is 9.26 Å². The Kier molecular flexibility index (Phi) is 3.89. The van der Waals surface area contributed by atoms with Crippen molar-refractivity contribution in [3.8, 4) is 11.5 Å². The van der Waals surface area contributed by atoms with Crippen molar-refractivity contribution in [1.29, 1.82) is 0 Å². The standard InChI is InChI=1S/C17H21NO2P.Y/c1-9-2-4-11-12-8-10-3-5-13(20-21)15-14(10)17(11,6-7-18-12)16(9)19-15;/h3,5,9,12,16,18H,2,4,6-8,21H2,1H3;/q-1;/t9?,12-,16+,17+;/m1./s1. The molecule has 2 aliphatic carbocycles. The van der Waals surface area contributed by atoms with Crippen LogP contribution in [0, 0.1) is 11.8 Å². The van der Waals surface area contributed by atoms with E-state index in [2.05, 4.69) is 33.8 Å². The predicted molar refractivity (Wildman–Crippen MR) is 84.6 cm³/mol. The fourth-order valence-electron chi connectivity index (χ4n) is 5.44. The monoisotopic (exact) mass is 391 g/mol. The van der Waals surface area contributed by atoms with Crippen LogP contribution >= 0.6 is 9.47 Å².